The Kier molecular flexibility index (Phi) is 6.47. The number of aromatic nitrogens is 2. The van der Waals surface area contributed by atoms with E-state index in [1.54, 1.807) is 42.5 Å². The molecule has 0 spiro atoms. The van der Waals surface area contributed by atoms with Crippen LogP contribution >= 0.6 is 0 Å². The maximum atomic E-state index is 13.6. The quantitative estimate of drug-likeness (QED) is 0.572. The molecule has 8 heteroatoms. The lowest BCUT2D eigenvalue weighted by Crippen LogP contribution is -2.26. The molecular weight excluding hydrogens is 373 g/mol. The number of anilines is 3. The van der Waals surface area contributed by atoms with Gasteiger partial charge in [0.1, 0.15) is 17.3 Å². The summed E-state index contributed by atoms with van der Waals surface area (Å²) in [4.78, 5) is 31.5. The Morgan fingerprint density at radius 2 is 1.69 bits per heavy atom. The molecule has 0 bridgehead atoms. The number of carbonyl (C=O) groups is 2. The molecule has 0 aliphatic carbocycles. The summed E-state index contributed by atoms with van der Waals surface area (Å²) < 4.78 is 13.6. The third kappa shape index (κ3) is 5.83. The maximum Gasteiger partial charge on any atom is 0.271 e. The predicted octanol–water partition coefficient (Wildman–Crippen LogP) is 3.29. The molecule has 0 aliphatic heterocycles. The van der Waals surface area contributed by atoms with Crippen LogP contribution in [0.25, 0.3) is 0 Å². The van der Waals surface area contributed by atoms with Crippen molar-refractivity contribution in [1.82, 2.24) is 15.3 Å². The van der Waals surface area contributed by atoms with Crippen molar-refractivity contribution < 1.29 is 14.0 Å². The highest BCUT2D eigenvalue weighted by Crippen LogP contribution is 2.17. The fourth-order valence-electron chi connectivity index (χ4n) is 2.60. The Morgan fingerprint density at radius 1 is 0.966 bits per heavy atom. The fourth-order valence-corrected chi connectivity index (χ4v) is 2.60. The molecule has 0 saturated heterocycles. The third-order valence-electron chi connectivity index (χ3n) is 4.00. The normalized spacial score (nSPS) is 10.3. The van der Waals surface area contributed by atoms with Crippen molar-refractivity contribution in [2.45, 2.75) is 13.3 Å². The molecule has 0 fully saturated rings. The second-order valence-corrected chi connectivity index (χ2v) is 6.27. The Labute approximate surface area is 167 Å². The Balaban J connectivity index is 1.52. The molecule has 3 N–H and O–H groups in total. The molecule has 0 unspecified atom stereocenters. The molecule has 1 aromatic heterocycles. The van der Waals surface area contributed by atoms with E-state index in [4.69, 9.17) is 0 Å². The molecule has 29 heavy (non-hydrogen) atoms. The van der Waals surface area contributed by atoms with Crippen LogP contribution in [0, 0.1) is 5.82 Å². The molecule has 0 saturated carbocycles. The SMILES string of the molecule is CC(=O)Nc1ccc(Nc2cnc(C(=O)NCCc3ccccc3F)cn2)cc1. The summed E-state index contributed by atoms with van der Waals surface area (Å²) in [6, 6.07) is 13.5. The minimum atomic E-state index is -0.375. The van der Waals surface area contributed by atoms with E-state index in [-0.39, 0.29) is 23.3 Å². The first-order valence-electron chi connectivity index (χ1n) is 8.99. The van der Waals surface area contributed by atoms with Crippen LogP contribution in [0.2, 0.25) is 0 Å². The summed E-state index contributed by atoms with van der Waals surface area (Å²) in [6.45, 7) is 1.74. The van der Waals surface area contributed by atoms with Gasteiger partial charge in [-0.2, -0.15) is 0 Å². The average molecular weight is 393 g/mol. The van der Waals surface area contributed by atoms with Gasteiger partial charge in [0.15, 0.2) is 0 Å². The Hall–Kier alpha value is -3.81. The lowest BCUT2D eigenvalue weighted by Gasteiger charge is -2.08. The number of halogens is 1. The number of nitrogens with zero attached hydrogens (tertiary/aromatic N) is 2. The van der Waals surface area contributed by atoms with Crippen LogP contribution in [-0.4, -0.2) is 28.3 Å². The molecule has 7 nitrogen and oxygen atoms in total. The monoisotopic (exact) mass is 393 g/mol. The minimum Gasteiger partial charge on any atom is -0.350 e. The summed E-state index contributed by atoms with van der Waals surface area (Å²) in [5.74, 6) is -0.332. The van der Waals surface area contributed by atoms with Gasteiger partial charge < -0.3 is 16.0 Å². The average Bonchev–Trinajstić information content (AvgIpc) is 2.71. The predicted molar refractivity (Wildman–Crippen MR) is 108 cm³/mol. The van der Waals surface area contributed by atoms with Gasteiger partial charge in [0.25, 0.3) is 5.91 Å². The molecule has 1 heterocycles. The van der Waals surface area contributed by atoms with Crippen molar-refractivity contribution in [3.05, 3.63) is 78.0 Å². The van der Waals surface area contributed by atoms with Crippen molar-refractivity contribution >= 4 is 29.0 Å². The number of benzene rings is 2. The molecule has 2 aromatic carbocycles. The molecule has 0 radical (unpaired) electrons. The van der Waals surface area contributed by atoms with Crippen molar-refractivity contribution in [2.24, 2.45) is 0 Å². The molecular formula is C21H20FN5O2. The Morgan fingerprint density at radius 3 is 2.34 bits per heavy atom. The summed E-state index contributed by atoms with van der Waals surface area (Å²) in [7, 11) is 0. The van der Waals surface area contributed by atoms with Gasteiger partial charge in [-0.05, 0) is 42.3 Å². The fraction of sp³-hybridized carbons (Fsp3) is 0.143. The van der Waals surface area contributed by atoms with Gasteiger partial charge >= 0.3 is 0 Å². The summed E-state index contributed by atoms with van der Waals surface area (Å²) in [6.07, 6.45) is 3.21. The second kappa shape index (κ2) is 9.41. The first kappa shape index (κ1) is 19.9. The van der Waals surface area contributed by atoms with Crippen molar-refractivity contribution in [2.75, 3.05) is 17.2 Å². The van der Waals surface area contributed by atoms with Crippen LogP contribution in [0.15, 0.2) is 60.9 Å². The van der Waals surface area contributed by atoms with Crippen LogP contribution in [0.1, 0.15) is 23.0 Å². The van der Waals surface area contributed by atoms with Crippen molar-refractivity contribution in [3.63, 3.8) is 0 Å². The van der Waals surface area contributed by atoms with E-state index in [2.05, 4.69) is 25.9 Å². The van der Waals surface area contributed by atoms with E-state index in [0.29, 0.717) is 30.0 Å². The zero-order chi connectivity index (χ0) is 20.6. The molecule has 2 amide bonds. The zero-order valence-corrected chi connectivity index (χ0v) is 15.8. The van der Waals surface area contributed by atoms with Crippen molar-refractivity contribution in [1.29, 1.82) is 0 Å². The van der Waals surface area contributed by atoms with E-state index in [0.717, 1.165) is 5.69 Å². The van der Waals surface area contributed by atoms with Gasteiger partial charge in [0.05, 0.1) is 12.4 Å². The van der Waals surface area contributed by atoms with Gasteiger partial charge in [-0.25, -0.2) is 14.4 Å². The van der Waals surface area contributed by atoms with Gasteiger partial charge in [-0.3, -0.25) is 9.59 Å². The number of carbonyl (C=O) groups excluding carboxylic acids is 2. The lowest BCUT2D eigenvalue weighted by atomic mass is 10.1. The van der Waals surface area contributed by atoms with E-state index in [1.165, 1.54) is 25.4 Å². The zero-order valence-electron chi connectivity index (χ0n) is 15.8. The van der Waals surface area contributed by atoms with Crippen LogP contribution < -0.4 is 16.0 Å². The number of amides is 2. The molecule has 3 aromatic rings. The lowest BCUT2D eigenvalue weighted by molar-refractivity contribution is -0.114. The van der Waals surface area contributed by atoms with Crippen molar-refractivity contribution in [3.8, 4) is 0 Å². The van der Waals surface area contributed by atoms with Crippen LogP contribution in [0.3, 0.4) is 0 Å². The molecule has 0 aliphatic rings. The molecule has 0 atom stereocenters. The first-order chi connectivity index (χ1) is 14.0. The highest BCUT2D eigenvalue weighted by molar-refractivity contribution is 5.92. The van der Waals surface area contributed by atoms with Crippen LogP contribution in [0.5, 0.6) is 0 Å². The first-order valence-corrected chi connectivity index (χ1v) is 8.99. The van der Waals surface area contributed by atoms with Crippen LogP contribution in [0.4, 0.5) is 21.6 Å². The largest absolute Gasteiger partial charge is 0.350 e. The van der Waals surface area contributed by atoms with E-state index < -0.39 is 0 Å². The molecule has 148 valence electrons. The van der Waals surface area contributed by atoms with E-state index >= 15 is 0 Å². The highest BCUT2D eigenvalue weighted by atomic mass is 19.1. The summed E-state index contributed by atoms with van der Waals surface area (Å²) in [5.41, 5.74) is 2.17. The smallest absolute Gasteiger partial charge is 0.271 e. The third-order valence-corrected chi connectivity index (χ3v) is 4.00. The van der Waals surface area contributed by atoms with Gasteiger partial charge in [-0.1, -0.05) is 18.2 Å². The number of rotatable bonds is 7. The number of hydrogen-bond donors (Lipinski definition) is 3. The maximum absolute atomic E-state index is 13.6. The molecule has 3 rings (SSSR count). The summed E-state index contributed by atoms with van der Waals surface area (Å²) in [5, 5.41) is 8.45. The topological polar surface area (TPSA) is 96.0 Å². The highest BCUT2D eigenvalue weighted by Gasteiger charge is 2.09. The van der Waals surface area contributed by atoms with Crippen LogP contribution in [-0.2, 0) is 11.2 Å². The Bertz CT molecular complexity index is 991. The van der Waals surface area contributed by atoms with Gasteiger partial charge in [-0.15, -0.1) is 0 Å². The number of nitrogens with one attached hydrogen (secondary N) is 3. The van der Waals surface area contributed by atoms with E-state index in [1.807, 2.05) is 0 Å². The summed E-state index contributed by atoms with van der Waals surface area (Å²) >= 11 is 0. The minimum absolute atomic E-state index is 0.139. The second-order valence-electron chi connectivity index (χ2n) is 6.27. The standard InChI is InChI=1S/C21H20FN5O2/c1-14(28)26-16-6-8-17(9-7-16)27-20-13-24-19(12-25-20)21(29)23-11-10-15-4-2-3-5-18(15)22/h2-9,12-13H,10-11H2,1H3,(H,23,29)(H,25,27)(H,26,28). The number of hydrogen-bond acceptors (Lipinski definition) is 5. The van der Waals surface area contributed by atoms with E-state index in [9.17, 15) is 14.0 Å². The van der Waals surface area contributed by atoms with Gasteiger partial charge in [0.2, 0.25) is 5.91 Å². The van der Waals surface area contributed by atoms with Gasteiger partial charge in [0, 0.05) is 24.8 Å².